The van der Waals surface area contributed by atoms with Crippen LogP contribution in [-0.4, -0.2) is 41.3 Å². The minimum atomic E-state index is -0.319. The van der Waals surface area contributed by atoms with Crippen molar-refractivity contribution < 1.29 is 14.3 Å². The van der Waals surface area contributed by atoms with Gasteiger partial charge < -0.3 is 14.5 Å². The molecule has 8 nitrogen and oxygen atoms in total. The molecule has 4 rings (SSSR count). The largest absolute Gasteiger partial charge is 0.497 e. The first-order valence-electron chi connectivity index (χ1n) is 10.6. The van der Waals surface area contributed by atoms with Crippen LogP contribution in [0.4, 0.5) is 5.13 Å². The summed E-state index contributed by atoms with van der Waals surface area (Å²) in [6.45, 7) is 2.95. The van der Waals surface area contributed by atoms with Crippen molar-refractivity contribution in [1.82, 2.24) is 14.5 Å². The van der Waals surface area contributed by atoms with Crippen LogP contribution in [0.2, 0.25) is 0 Å². The van der Waals surface area contributed by atoms with Crippen molar-refractivity contribution in [3.05, 3.63) is 68.0 Å². The highest BCUT2D eigenvalue weighted by Gasteiger charge is 2.15. The maximum absolute atomic E-state index is 12.9. The molecule has 4 aromatic rings. The monoisotopic (exact) mass is 496 g/mol. The van der Waals surface area contributed by atoms with Gasteiger partial charge in [-0.15, -0.1) is 11.3 Å². The summed E-state index contributed by atoms with van der Waals surface area (Å²) in [6.07, 6.45) is 0.672. The second kappa shape index (κ2) is 10.3. The molecule has 0 radical (unpaired) electrons. The predicted octanol–water partition coefficient (Wildman–Crippen LogP) is 4.79. The lowest BCUT2D eigenvalue weighted by molar-refractivity contribution is 0.102. The van der Waals surface area contributed by atoms with E-state index >= 15 is 0 Å². The molecule has 1 amide bonds. The van der Waals surface area contributed by atoms with Crippen molar-refractivity contribution in [3.8, 4) is 17.0 Å². The summed E-state index contributed by atoms with van der Waals surface area (Å²) in [5.74, 6) is 0.447. The van der Waals surface area contributed by atoms with Gasteiger partial charge in [-0.25, -0.2) is 4.98 Å². The van der Waals surface area contributed by atoms with E-state index in [4.69, 9.17) is 21.7 Å². The first-order valence-corrected chi connectivity index (χ1v) is 11.8. The number of hydrogen-bond donors (Lipinski definition) is 2. The lowest BCUT2D eigenvalue weighted by Crippen LogP contribution is -2.23. The summed E-state index contributed by atoms with van der Waals surface area (Å²) in [5.41, 5.74) is 2.46. The van der Waals surface area contributed by atoms with Crippen molar-refractivity contribution >= 4 is 45.5 Å². The fourth-order valence-electron chi connectivity index (χ4n) is 3.60. The molecule has 0 fully saturated rings. The highest BCUT2D eigenvalue weighted by atomic mass is 32.1. The number of carbonyl (C=O) groups excluding carboxylic acids is 1. The Morgan fingerprint density at radius 3 is 2.68 bits per heavy atom. The van der Waals surface area contributed by atoms with Gasteiger partial charge in [0.2, 0.25) is 0 Å². The van der Waals surface area contributed by atoms with E-state index in [2.05, 4.69) is 15.3 Å². The Hall–Kier alpha value is -3.34. The number of methoxy groups -OCH3 is 2. The molecule has 2 N–H and O–H groups in total. The number of fused-ring (bicyclic) bond motifs is 1. The first kappa shape index (κ1) is 23.8. The molecule has 0 saturated carbocycles. The van der Waals surface area contributed by atoms with E-state index < -0.39 is 0 Å². The lowest BCUT2D eigenvalue weighted by Gasteiger charge is -2.09. The fourth-order valence-corrected chi connectivity index (χ4v) is 4.72. The second-order valence-electron chi connectivity index (χ2n) is 7.60. The lowest BCUT2D eigenvalue weighted by atomic mass is 10.1. The molecule has 176 valence electrons. The number of nitrogens with zero attached hydrogens (tertiary/aromatic N) is 2. The summed E-state index contributed by atoms with van der Waals surface area (Å²) < 4.78 is 12.1. The summed E-state index contributed by atoms with van der Waals surface area (Å²) in [4.78, 5) is 34.4. The Bertz CT molecular complexity index is 1450. The van der Waals surface area contributed by atoms with Crippen LogP contribution in [0.25, 0.3) is 22.2 Å². The van der Waals surface area contributed by atoms with E-state index in [0.717, 1.165) is 21.9 Å². The van der Waals surface area contributed by atoms with Gasteiger partial charge >= 0.3 is 0 Å². The minimum Gasteiger partial charge on any atom is -0.497 e. The van der Waals surface area contributed by atoms with Gasteiger partial charge in [-0.3, -0.25) is 19.5 Å². The highest BCUT2D eigenvalue weighted by Crippen LogP contribution is 2.31. The third-order valence-electron chi connectivity index (χ3n) is 5.35. The molecule has 0 unspecified atom stereocenters. The van der Waals surface area contributed by atoms with E-state index in [1.165, 1.54) is 15.9 Å². The molecule has 2 aromatic carbocycles. The topological polar surface area (TPSA) is 98.2 Å². The number of hydrogen-bond acceptors (Lipinski definition) is 7. The Labute approximate surface area is 205 Å². The van der Waals surface area contributed by atoms with E-state index in [1.54, 1.807) is 32.4 Å². The van der Waals surface area contributed by atoms with Gasteiger partial charge in [0.05, 0.1) is 23.7 Å². The summed E-state index contributed by atoms with van der Waals surface area (Å²) in [7, 11) is 3.23. The van der Waals surface area contributed by atoms with Gasteiger partial charge in [0, 0.05) is 36.3 Å². The van der Waals surface area contributed by atoms with Crippen LogP contribution in [-0.2, 0) is 11.3 Å². The maximum atomic E-state index is 12.9. The number of H-pyrrole nitrogens is 1. The molecule has 34 heavy (non-hydrogen) atoms. The number of ether oxygens (including phenoxy) is 2. The molecule has 0 spiro atoms. The van der Waals surface area contributed by atoms with Gasteiger partial charge in [0.25, 0.3) is 11.5 Å². The van der Waals surface area contributed by atoms with Crippen LogP contribution in [0.3, 0.4) is 0 Å². The number of aromatic amines is 1. The van der Waals surface area contributed by atoms with Crippen molar-refractivity contribution in [2.45, 2.75) is 19.9 Å². The SMILES string of the molecule is COCCCn1c(=S)[nH]c2cc(C(=O)Nc3nc(-c4ccc(OC)cc4)c(C)s3)ccc2c1=O. The quantitative estimate of drug-likeness (QED) is 0.269. The third-order valence-corrected chi connectivity index (χ3v) is 6.56. The number of thiazole rings is 1. The molecule has 2 heterocycles. The molecular weight excluding hydrogens is 472 g/mol. The molecule has 2 aromatic heterocycles. The summed E-state index contributed by atoms with van der Waals surface area (Å²) in [5, 5.41) is 3.82. The van der Waals surface area contributed by atoms with Gasteiger partial charge in [0.1, 0.15) is 5.75 Å². The molecular formula is C24H24N4O4S2. The fraction of sp³-hybridized carbons (Fsp3) is 0.250. The molecule has 0 aliphatic carbocycles. The van der Waals surface area contributed by atoms with Crippen molar-refractivity contribution in [2.24, 2.45) is 0 Å². The van der Waals surface area contributed by atoms with Crippen LogP contribution in [0, 0.1) is 11.7 Å². The van der Waals surface area contributed by atoms with Crippen LogP contribution >= 0.6 is 23.6 Å². The number of anilines is 1. The highest BCUT2D eigenvalue weighted by molar-refractivity contribution is 7.71. The van der Waals surface area contributed by atoms with Crippen molar-refractivity contribution in [1.29, 1.82) is 0 Å². The molecule has 0 aliphatic rings. The normalized spacial score (nSPS) is 11.0. The van der Waals surface area contributed by atoms with Gasteiger partial charge in [0.15, 0.2) is 9.90 Å². The number of aromatic nitrogens is 3. The Kier molecular flexibility index (Phi) is 7.20. The van der Waals surface area contributed by atoms with E-state index in [-0.39, 0.29) is 11.5 Å². The number of carbonyl (C=O) groups is 1. The minimum absolute atomic E-state index is 0.193. The van der Waals surface area contributed by atoms with Crippen LogP contribution < -0.4 is 15.6 Å². The van der Waals surface area contributed by atoms with E-state index in [0.29, 0.717) is 45.9 Å². The number of aryl methyl sites for hydroxylation is 1. The molecule has 10 heteroatoms. The van der Waals surface area contributed by atoms with Gasteiger partial charge in [-0.05, 0) is 68.0 Å². The van der Waals surface area contributed by atoms with Crippen molar-refractivity contribution in [2.75, 3.05) is 26.1 Å². The zero-order valence-corrected chi connectivity index (χ0v) is 20.6. The number of benzene rings is 2. The summed E-state index contributed by atoms with van der Waals surface area (Å²) >= 11 is 6.76. The first-order chi connectivity index (χ1) is 16.4. The predicted molar refractivity (Wildman–Crippen MR) is 137 cm³/mol. The Morgan fingerprint density at radius 2 is 1.97 bits per heavy atom. The van der Waals surface area contributed by atoms with Crippen LogP contribution in [0.1, 0.15) is 21.7 Å². The average molecular weight is 497 g/mol. The Morgan fingerprint density at radius 1 is 1.21 bits per heavy atom. The van der Waals surface area contributed by atoms with E-state index in [1.807, 2.05) is 31.2 Å². The van der Waals surface area contributed by atoms with Crippen molar-refractivity contribution in [3.63, 3.8) is 0 Å². The smallest absolute Gasteiger partial charge is 0.262 e. The van der Waals surface area contributed by atoms with Crippen LogP contribution in [0.5, 0.6) is 5.75 Å². The molecule has 0 aliphatic heterocycles. The second-order valence-corrected chi connectivity index (χ2v) is 9.19. The van der Waals surface area contributed by atoms with Gasteiger partial charge in [-0.1, -0.05) is 0 Å². The molecule has 0 bridgehead atoms. The van der Waals surface area contributed by atoms with Crippen LogP contribution in [0.15, 0.2) is 47.3 Å². The standard InChI is InChI=1S/C24H24N4O4S2/c1-14-20(15-5-8-17(32-3)9-6-15)26-23(34-14)27-21(29)16-7-10-18-19(13-16)25-24(33)28(22(18)30)11-4-12-31-2/h5-10,13H,4,11-12H2,1-3H3,(H,25,33)(H,26,27,29). The molecule has 0 saturated heterocycles. The zero-order chi connectivity index (χ0) is 24.2. The Balaban J connectivity index is 1.57. The number of nitrogens with one attached hydrogen (secondary N) is 2. The maximum Gasteiger partial charge on any atom is 0.262 e. The summed E-state index contributed by atoms with van der Waals surface area (Å²) in [6, 6.07) is 12.5. The van der Waals surface area contributed by atoms with Gasteiger partial charge in [-0.2, -0.15) is 0 Å². The number of amides is 1. The average Bonchev–Trinajstić information content (AvgIpc) is 3.20. The molecule has 0 atom stereocenters. The third kappa shape index (κ3) is 4.93. The van der Waals surface area contributed by atoms with E-state index in [9.17, 15) is 9.59 Å². The zero-order valence-electron chi connectivity index (χ0n) is 19.0. The number of rotatable bonds is 8.